The highest BCUT2D eigenvalue weighted by molar-refractivity contribution is 4.59. The molecule has 0 aliphatic heterocycles. The molecule has 3 nitrogen and oxygen atoms in total. The number of likely N-dealkylation sites (N-methyl/N-ethyl adjacent to an activating group) is 1. The van der Waals surface area contributed by atoms with Gasteiger partial charge in [-0.1, -0.05) is 71.6 Å². The van der Waals surface area contributed by atoms with Crippen LogP contribution in [0.15, 0.2) is 0 Å². The lowest BCUT2D eigenvalue weighted by Gasteiger charge is -2.37. The fourth-order valence-electron chi connectivity index (χ4n) is 3.75. The van der Waals surface area contributed by atoms with E-state index < -0.39 is 0 Å². The topological polar surface area (TPSA) is 40.5 Å². The molecular weight excluding hydrogens is 298 g/mol. The molecular formula is C21H46NO2+. The largest absolute Gasteiger partial charge is 0.388 e. The van der Waals surface area contributed by atoms with Gasteiger partial charge in [-0.15, -0.1) is 0 Å². The minimum Gasteiger partial charge on any atom is -0.388 e. The SMILES string of the molecule is CCCCCCCCC(O)C[N+](C)(CCCCCCC)CC(C)O. The van der Waals surface area contributed by atoms with Gasteiger partial charge in [0, 0.05) is 0 Å². The van der Waals surface area contributed by atoms with Crippen molar-refractivity contribution in [2.75, 3.05) is 26.7 Å². The second kappa shape index (κ2) is 15.2. The third kappa shape index (κ3) is 14.2. The van der Waals surface area contributed by atoms with Gasteiger partial charge < -0.3 is 14.7 Å². The summed E-state index contributed by atoms with van der Waals surface area (Å²) in [5, 5.41) is 20.3. The van der Waals surface area contributed by atoms with Crippen molar-refractivity contribution in [2.45, 2.75) is 110 Å². The summed E-state index contributed by atoms with van der Waals surface area (Å²) in [7, 11) is 2.21. The first-order chi connectivity index (χ1) is 11.4. The summed E-state index contributed by atoms with van der Waals surface area (Å²) in [5.41, 5.74) is 0. The van der Waals surface area contributed by atoms with Crippen molar-refractivity contribution in [3.05, 3.63) is 0 Å². The predicted octanol–water partition coefficient (Wildman–Crippen LogP) is 4.90. The zero-order valence-electron chi connectivity index (χ0n) is 17.1. The highest BCUT2D eigenvalue weighted by atomic mass is 16.3. The van der Waals surface area contributed by atoms with Gasteiger partial charge in [0.1, 0.15) is 25.3 Å². The second-order valence-electron chi connectivity index (χ2n) is 8.18. The molecule has 24 heavy (non-hydrogen) atoms. The number of quaternary nitrogens is 1. The molecule has 0 aromatic rings. The number of aliphatic hydroxyl groups excluding tert-OH is 2. The molecule has 0 saturated carbocycles. The van der Waals surface area contributed by atoms with Crippen molar-refractivity contribution < 1.29 is 14.7 Å². The number of hydrogen-bond donors (Lipinski definition) is 2. The van der Waals surface area contributed by atoms with E-state index in [0.717, 1.165) is 37.0 Å². The van der Waals surface area contributed by atoms with Gasteiger partial charge in [-0.25, -0.2) is 0 Å². The van der Waals surface area contributed by atoms with Crippen LogP contribution in [0.5, 0.6) is 0 Å². The first-order valence-electron chi connectivity index (χ1n) is 10.6. The monoisotopic (exact) mass is 344 g/mol. The standard InChI is InChI=1S/C21H46NO2/c1-5-7-9-11-12-14-16-21(24)19-22(4,18-20(3)23)17-15-13-10-8-6-2/h20-21,23-24H,5-19H2,1-4H3/q+1. The molecule has 146 valence electrons. The zero-order chi connectivity index (χ0) is 18.3. The molecule has 0 heterocycles. The Morgan fingerprint density at radius 1 is 0.708 bits per heavy atom. The summed E-state index contributed by atoms with van der Waals surface area (Å²) >= 11 is 0. The Bertz CT molecular complexity index is 271. The summed E-state index contributed by atoms with van der Waals surface area (Å²) in [6.07, 6.45) is 14.4. The maximum atomic E-state index is 10.4. The van der Waals surface area contributed by atoms with Crippen molar-refractivity contribution in [3.63, 3.8) is 0 Å². The lowest BCUT2D eigenvalue weighted by molar-refractivity contribution is -0.915. The molecule has 0 aliphatic carbocycles. The third-order valence-corrected chi connectivity index (χ3v) is 5.05. The van der Waals surface area contributed by atoms with Gasteiger partial charge in [-0.2, -0.15) is 0 Å². The summed E-state index contributed by atoms with van der Waals surface area (Å²) in [5.74, 6) is 0. The smallest absolute Gasteiger partial charge is 0.105 e. The maximum Gasteiger partial charge on any atom is 0.105 e. The summed E-state index contributed by atoms with van der Waals surface area (Å²) in [6.45, 7) is 8.96. The highest BCUT2D eigenvalue weighted by Gasteiger charge is 2.26. The Kier molecular flexibility index (Phi) is 15.1. The van der Waals surface area contributed by atoms with Crippen LogP contribution < -0.4 is 0 Å². The van der Waals surface area contributed by atoms with Crippen molar-refractivity contribution in [1.82, 2.24) is 0 Å². The number of aliphatic hydroxyl groups is 2. The van der Waals surface area contributed by atoms with Gasteiger partial charge in [-0.3, -0.25) is 0 Å². The molecule has 3 unspecified atom stereocenters. The number of unbranched alkanes of at least 4 members (excludes halogenated alkanes) is 9. The van der Waals surface area contributed by atoms with Crippen LogP contribution in [0.2, 0.25) is 0 Å². The first kappa shape index (κ1) is 23.9. The Morgan fingerprint density at radius 2 is 1.21 bits per heavy atom. The molecule has 0 aliphatic rings. The molecule has 0 spiro atoms. The summed E-state index contributed by atoms with van der Waals surface area (Å²) in [6, 6.07) is 0. The minimum absolute atomic E-state index is 0.226. The average Bonchev–Trinajstić information content (AvgIpc) is 2.49. The van der Waals surface area contributed by atoms with E-state index in [0.29, 0.717) is 0 Å². The molecule has 3 atom stereocenters. The maximum absolute atomic E-state index is 10.4. The van der Waals surface area contributed by atoms with E-state index in [4.69, 9.17) is 0 Å². The number of rotatable bonds is 17. The first-order valence-corrected chi connectivity index (χ1v) is 10.6. The van der Waals surface area contributed by atoms with E-state index in [1.54, 1.807) is 0 Å². The van der Waals surface area contributed by atoms with Crippen molar-refractivity contribution in [3.8, 4) is 0 Å². The molecule has 0 bridgehead atoms. The lowest BCUT2D eigenvalue weighted by atomic mass is 10.1. The van der Waals surface area contributed by atoms with Crippen molar-refractivity contribution in [2.24, 2.45) is 0 Å². The molecule has 0 amide bonds. The molecule has 2 N–H and O–H groups in total. The Hall–Kier alpha value is -0.120. The van der Waals surface area contributed by atoms with Crippen LogP contribution in [0.1, 0.15) is 97.8 Å². The van der Waals surface area contributed by atoms with Crippen LogP contribution in [0, 0.1) is 0 Å². The molecule has 0 fully saturated rings. The van der Waals surface area contributed by atoms with Crippen LogP contribution in [-0.4, -0.2) is 53.6 Å². The summed E-state index contributed by atoms with van der Waals surface area (Å²) < 4.78 is 0.806. The van der Waals surface area contributed by atoms with E-state index in [-0.39, 0.29) is 12.2 Å². The number of nitrogens with zero attached hydrogens (tertiary/aromatic N) is 1. The van der Waals surface area contributed by atoms with Crippen LogP contribution in [-0.2, 0) is 0 Å². The Labute approximate surface area is 152 Å². The van der Waals surface area contributed by atoms with Gasteiger partial charge >= 0.3 is 0 Å². The summed E-state index contributed by atoms with van der Waals surface area (Å²) in [4.78, 5) is 0. The Balaban J connectivity index is 4.08. The van der Waals surface area contributed by atoms with E-state index in [1.807, 2.05) is 6.92 Å². The van der Waals surface area contributed by atoms with Crippen molar-refractivity contribution in [1.29, 1.82) is 0 Å². The van der Waals surface area contributed by atoms with Gasteiger partial charge in [0.05, 0.1) is 13.6 Å². The molecule has 0 saturated heterocycles. The second-order valence-corrected chi connectivity index (χ2v) is 8.18. The molecule has 0 rings (SSSR count). The van der Waals surface area contributed by atoms with E-state index in [1.165, 1.54) is 64.2 Å². The van der Waals surface area contributed by atoms with Crippen LogP contribution >= 0.6 is 0 Å². The zero-order valence-corrected chi connectivity index (χ0v) is 17.1. The quantitative estimate of drug-likeness (QED) is 0.291. The average molecular weight is 345 g/mol. The fraction of sp³-hybridized carbons (Fsp3) is 1.00. The third-order valence-electron chi connectivity index (χ3n) is 5.05. The molecule has 0 radical (unpaired) electrons. The lowest BCUT2D eigenvalue weighted by Crippen LogP contribution is -2.52. The fourth-order valence-corrected chi connectivity index (χ4v) is 3.75. The van der Waals surface area contributed by atoms with E-state index in [2.05, 4.69) is 20.9 Å². The molecule has 0 aromatic carbocycles. The normalized spacial score (nSPS) is 16.8. The number of hydrogen-bond acceptors (Lipinski definition) is 2. The van der Waals surface area contributed by atoms with E-state index >= 15 is 0 Å². The van der Waals surface area contributed by atoms with E-state index in [9.17, 15) is 10.2 Å². The minimum atomic E-state index is -0.299. The molecule has 0 aromatic heterocycles. The van der Waals surface area contributed by atoms with Gasteiger partial charge in [-0.05, 0) is 26.2 Å². The highest BCUT2D eigenvalue weighted by Crippen LogP contribution is 2.15. The van der Waals surface area contributed by atoms with Crippen molar-refractivity contribution >= 4 is 0 Å². The van der Waals surface area contributed by atoms with Gasteiger partial charge in [0.2, 0.25) is 0 Å². The Morgan fingerprint density at radius 3 is 1.75 bits per heavy atom. The van der Waals surface area contributed by atoms with Crippen LogP contribution in [0.25, 0.3) is 0 Å². The van der Waals surface area contributed by atoms with Gasteiger partial charge in [0.15, 0.2) is 0 Å². The van der Waals surface area contributed by atoms with Crippen LogP contribution in [0.4, 0.5) is 0 Å². The molecule has 3 heteroatoms. The predicted molar refractivity (Wildman–Crippen MR) is 105 cm³/mol. The van der Waals surface area contributed by atoms with Crippen LogP contribution in [0.3, 0.4) is 0 Å². The van der Waals surface area contributed by atoms with Gasteiger partial charge in [0.25, 0.3) is 0 Å².